The summed E-state index contributed by atoms with van der Waals surface area (Å²) in [6.07, 6.45) is 2.82. The van der Waals surface area contributed by atoms with E-state index in [4.69, 9.17) is 18.6 Å². The maximum atomic E-state index is 12.1. The SMILES string of the molecule is COc1ccc(/C=C/C(=O)OCC(=O)N[C@@H](C)c2cc3ccccc3o2)cc1OC. The topological polar surface area (TPSA) is 87.0 Å². The van der Waals surface area contributed by atoms with E-state index < -0.39 is 11.9 Å². The number of methoxy groups -OCH3 is 2. The number of hydrogen-bond donors (Lipinski definition) is 1. The van der Waals surface area contributed by atoms with Gasteiger partial charge >= 0.3 is 5.97 Å². The zero-order valence-electron chi connectivity index (χ0n) is 17.0. The lowest BCUT2D eigenvalue weighted by molar-refractivity contribution is -0.144. The predicted octanol–water partition coefficient (Wildman–Crippen LogP) is 3.88. The quantitative estimate of drug-likeness (QED) is 0.449. The largest absolute Gasteiger partial charge is 0.493 e. The third kappa shape index (κ3) is 5.20. The van der Waals surface area contributed by atoms with E-state index in [0.717, 1.165) is 16.5 Å². The summed E-state index contributed by atoms with van der Waals surface area (Å²) >= 11 is 0. The number of para-hydroxylation sites is 1. The molecule has 1 aromatic heterocycles. The highest BCUT2D eigenvalue weighted by molar-refractivity contribution is 5.89. The van der Waals surface area contributed by atoms with Gasteiger partial charge in [-0.25, -0.2) is 4.79 Å². The van der Waals surface area contributed by atoms with Crippen molar-refractivity contribution in [1.29, 1.82) is 0 Å². The van der Waals surface area contributed by atoms with Gasteiger partial charge in [0.25, 0.3) is 5.91 Å². The lowest BCUT2D eigenvalue weighted by Crippen LogP contribution is -2.30. The van der Waals surface area contributed by atoms with Crippen molar-refractivity contribution in [2.75, 3.05) is 20.8 Å². The Morgan fingerprint density at radius 2 is 1.83 bits per heavy atom. The van der Waals surface area contributed by atoms with Gasteiger partial charge in [0.15, 0.2) is 18.1 Å². The number of furan rings is 1. The van der Waals surface area contributed by atoms with Gasteiger partial charge in [0, 0.05) is 11.5 Å². The molecule has 0 unspecified atom stereocenters. The van der Waals surface area contributed by atoms with Crippen molar-refractivity contribution in [1.82, 2.24) is 5.32 Å². The first-order chi connectivity index (χ1) is 14.5. The monoisotopic (exact) mass is 409 g/mol. The zero-order chi connectivity index (χ0) is 21.5. The lowest BCUT2D eigenvalue weighted by atomic mass is 10.2. The highest BCUT2D eigenvalue weighted by Crippen LogP contribution is 2.28. The molecule has 7 nitrogen and oxygen atoms in total. The summed E-state index contributed by atoms with van der Waals surface area (Å²) in [6, 6.07) is 14.3. The highest BCUT2D eigenvalue weighted by Gasteiger charge is 2.15. The van der Waals surface area contributed by atoms with Crippen LogP contribution in [0.2, 0.25) is 0 Å². The van der Waals surface area contributed by atoms with E-state index in [9.17, 15) is 9.59 Å². The molecule has 0 fully saturated rings. The summed E-state index contributed by atoms with van der Waals surface area (Å²) in [5, 5.41) is 3.71. The maximum absolute atomic E-state index is 12.1. The third-order valence-electron chi connectivity index (χ3n) is 4.41. The Balaban J connectivity index is 1.50. The van der Waals surface area contributed by atoms with Gasteiger partial charge in [-0.2, -0.15) is 0 Å². The van der Waals surface area contributed by atoms with Gasteiger partial charge in [-0.1, -0.05) is 24.3 Å². The number of carbonyl (C=O) groups is 2. The number of rotatable bonds is 8. The van der Waals surface area contributed by atoms with Crippen LogP contribution in [0.4, 0.5) is 0 Å². The molecule has 2 aromatic carbocycles. The molecule has 156 valence electrons. The summed E-state index contributed by atoms with van der Waals surface area (Å²) in [6.45, 7) is 1.41. The van der Waals surface area contributed by atoms with Crippen molar-refractivity contribution in [3.8, 4) is 11.5 Å². The van der Waals surface area contributed by atoms with Crippen LogP contribution < -0.4 is 14.8 Å². The van der Waals surface area contributed by atoms with E-state index in [-0.39, 0.29) is 12.6 Å². The normalized spacial score (nSPS) is 12.0. The van der Waals surface area contributed by atoms with Crippen LogP contribution in [0.1, 0.15) is 24.3 Å². The second-order valence-electron chi connectivity index (χ2n) is 6.53. The van der Waals surface area contributed by atoms with Gasteiger partial charge in [0.1, 0.15) is 11.3 Å². The van der Waals surface area contributed by atoms with Crippen LogP contribution in [0.15, 0.2) is 59.0 Å². The number of ether oxygens (including phenoxy) is 3. The maximum Gasteiger partial charge on any atom is 0.331 e. The first-order valence-corrected chi connectivity index (χ1v) is 9.35. The van der Waals surface area contributed by atoms with E-state index in [1.54, 1.807) is 38.3 Å². The van der Waals surface area contributed by atoms with Crippen LogP contribution >= 0.6 is 0 Å². The fraction of sp³-hybridized carbons (Fsp3) is 0.217. The number of amides is 1. The van der Waals surface area contributed by atoms with Crippen LogP contribution in [0.25, 0.3) is 17.0 Å². The predicted molar refractivity (Wildman–Crippen MR) is 112 cm³/mol. The Bertz CT molecular complexity index is 1040. The molecule has 3 rings (SSSR count). The molecule has 0 radical (unpaired) electrons. The van der Waals surface area contributed by atoms with Crippen molar-refractivity contribution in [2.45, 2.75) is 13.0 Å². The number of hydrogen-bond acceptors (Lipinski definition) is 6. The number of nitrogens with one attached hydrogen (secondary N) is 1. The molecule has 1 N–H and O–H groups in total. The third-order valence-corrected chi connectivity index (χ3v) is 4.41. The average Bonchev–Trinajstić information content (AvgIpc) is 3.20. The second kappa shape index (κ2) is 9.65. The standard InChI is InChI=1S/C23H23NO6/c1-15(20-13-17-6-4-5-7-18(17)30-20)24-22(25)14-29-23(26)11-9-16-8-10-19(27-2)21(12-16)28-3/h4-13,15H,14H2,1-3H3,(H,24,25)/b11-9+/t15-/m0/s1. The first kappa shape index (κ1) is 21.0. The molecule has 1 heterocycles. The van der Waals surface area contributed by atoms with Gasteiger partial charge in [-0.15, -0.1) is 0 Å². The minimum absolute atomic E-state index is 0.356. The summed E-state index contributed by atoms with van der Waals surface area (Å²) in [5.74, 6) is 0.718. The van der Waals surface area contributed by atoms with E-state index in [2.05, 4.69) is 5.32 Å². The molecule has 1 amide bonds. The molecular weight excluding hydrogens is 386 g/mol. The number of esters is 1. The molecule has 1 atom stereocenters. The minimum Gasteiger partial charge on any atom is -0.493 e. The minimum atomic E-state index is -0.628. The molecule has 0 saturated carbocycles. The summed E-state index contributed by atoms with van der Waals surface area (Å²) in [4.78, 5) is 24.0. The molecule has 0 bridgehead atoms. The average molecular weight is 409 g/mol. The van der Waals surface area contributed by atoms with E-state index in [1.807, 2.05) is 30.3 Å². The molecular formula is C23H23NO6. The van der Waals surface area contributed by atoms with Gasteiger partial charge < -0.3 is 23.9 Å². The second-order valence-corrected chi connectivity index (χ2v) is 6.53. The number of fused-ring (bicyclic) bond motifs is 1. The van der Waals surface area contributed by atoms with Gasteiger partial charge in [0.05, 0.1) is 20.3 Å². The Hall–Kier alpha value is -3.74. The molecule has 0 saturated heterocycles. The Labute approximate surface area is 174 Å². The summed E-state index contributed by atoms with van der Waals surface area (Å²) < 4.78 is 21.1. The fourth-order valence-corrected chi connectivity index (χ4v) is 2.88. The van der Waals surface area contributed by atoms with Crippen molar-refractivity contribution in [3.63, 3.8) is 0 Å². The molecule has 0 aliphatic carbocycles. The van der Waals surface area contributed by atoms with E-state index in [0.29, 0.717) is 17.3 Å². The molecule has 0 aliphatic heterocycles. The van der Waals surface area contributed by atoms with Crippen LogP contribution in [-0.2, 0) is 14.3 Å². The Kier molecular flexibility index (Phi) is 6.75. The Morgan fingerprint density at radius 1 is 1.07 bits per heavy atom. The van der Waals surface area contributed by atoms with Gasteiger partial charge in [0.2, 0.25) is 0 Å². The van der Waals surface area contributed by atoms with Crippen molar-refractivity contribution in [2.24, 2.45) is 0 Å². The summed E-state index contributed by atoms with van der Waals surface area (Å²) in [5.41, 5.74) is 1.48. The van der Waals surface area contributed by atoms with Crippen LogP contribution in [0.3, 0.4) is 0 Å². The van der Waals surface area contributed by atoms with E-state index in [1.165, 1.54) is 13.2 Å². The van der Waals surface area contributed by atoms with Crippen LogP contribution in [0.5, 0.6) is 11.5 Å². The molecule has 7 heteroatoms. The smallest absolute Gasteiger partial charge is 0.331 e. The van der Waals surface area contributed by atoms with Crippen LogP contribution in [0, 0.1) is 0 Å². The fourth-order valence-electron chi connectivity index (χ4n) is 2.88. The summed E-state index contributed by atoms with van der Waals surface area (Å²) in [7, 11) is 3.08. The van der Waals surface area contributed by atoms with Gasteiger partial charge in [-0.05, 0) is 42.8 Å². The molecule has 0 aliphatic rings. The first-order valence-electron chi connectivity index (χ1n) is 9.35. The highest BCUT2D eigenvalue weighted by atomic mass is 16.5. The number of benzene rings is 2. The van der Waals surface area contributed by atoms with Gasteiger partial charge in [-0.3, -0.25) is 4.79 Å². The molecule has 3 aromatic rings. The van der Waals surface area contributed by atoms with Crippen molar-refractivity contribution < 1.29 is 28.2 Å². The van der Waals surface area contributed by atoms with Crippen LogP contribution in [-0.4, -0.2) is 32.7 Å². The number of carbonyl (C=O) groups excluding carboxylic acids is 2. The van der Waals surface area contributed by atoms with Crippen molar-refractivity contribution in [3.05, 3.63) is 65.9 Å². The van der Waals surface area contributed by atoms with Crippen molar-refractivity contribution >= 4 is 28.9 Å². The molecule has 30 heavy (non-hydrogen) atoms. The zero-order valence-corrected chi connectivity index (χ0v) is 17.0. The lowest BCUT2D eigenvalue weighted by Gasteiger charge is -2.11. The molecule has 0 spiro atoms. The Morgan fingerprint density at radius 3 is 2.57 bits per heavy atom. The van der Waals surface area contributed by atoms with E-state index >= 15 is 0 Å².